The molecule has 2 aromatic carbocycles. The predicted molar refractivity (Wildman–Crippen MR) is 111 cm³/mol. The van der Waals surface area contributed by atoms with Crippen LogP contribution in [0.2, 0.25) is 0 Å². The summed E-state index contributed by atoms with van der Waals surface area (Å²) in [6.07, 6.45) is 3.91. The van der Waals surface area contributed by atoms with Gasteiger partial charge in [-0.3, -0.25) is 9.10 Å². The molecular weight excluding hydrogens is 374 g/mol. The molecular formula is C21H25N3O3S. The lowest BCUT2D eigenvalue weighted by Crippen LogP contribution is -2.39. The summed E-state index contributed by atoms with van der Waals surface area (Å²) in [5.74, 6) is -0.461. The highest BCUT2D eigenvalue weighted by Crippen LogP contribution is 2.25. The standard InChI is InChI=1S/C21H25N3O3S/c1-16-12-13-19(14-17(16)2)24(28(26,27)20-10-4-3-5-11-20)15-21(25)23-22-18-8-6-7-9-18/h3-5,10-14H,6-9,15H2,1-2H3,(H,23,25). The molecule has 0 bridgehead atoms. The summed E-state index contributed by atoms with van der Waals surface area (Å²) in [5.41, 5.74) is 5.94. The molecule has 0 unspecified atom stereocenters. The van der Waals surface area contributed by atoms with Crippen LogP contribution in [0.5, 0.6) is 0 Å². The highest BCUT2D eigenvalue weighted by atomic mass is 32.2. The largest absolute Gasteiger partial charge is 0.271 e. The van der Waals surface area contributed by atoms with Gasteiger partial charge in [0.1, 0.15) is 6.54 Å². The maximum Gasteiger partial charge on any atom is 0.264 e. The third-order valence-corrected chi connectivity index (χ3v) is 6.70. The van der Waals surface area contributed by atoms with Gasteiger partial charge in [-0.25, -0.2) is 13.8 Å². The van der Waals surface area contributed by atoms with Gasteiger partial charge in [-0.2, -0.15) is 5.10 Å². The zero-order valence-electron chi connectivity index (χ0n) is 16.2. The molecule has 1 saturated carbocycles. The van der Waals surface area contributed by atoms with E-state index >= 15 is 0 Å². The molecule has 1 amide bonds. The molecule has 1 aliphatic rings. The number of rotatable bonds is 6. The van der Waals surface area contributed by atoms with E-state index in [4.69, 9.17) is 0 Å². The number of hydrogen-bond donors (Lipinski definition) is 1. The molecule has 2 aromatic rings. The average molecular weight is 400 g/mol. The van der Waals surface area contributed by atoms with E-state index in [1.54, 1.807) is 30.3 Å². The fourth-order valence-electron chi connectivity index (χ4n) is 3.12. The van der Waals surface area contributed by atoms with Gasteiger partial charge < -0.3 is 0 Å². The van der Waals surface area contributed by atoms with E-state index in [1.165, 1.54) is 12.1 Å². The van der Waals surface area contributed by atoms with Crippen molar-refractivity contribution in [3.8, 4) is 0 Å². The molecule has 6 nitrogen and oxygen atoms in total. The Labute approximate surface area is 166 Å². The summed E-state index contributed by atoms with van der Waals surface area (Å²) in [4.78, 5) is 12.6. The number of carbonyl (C=O) groups is 1. The minimum atomic E-state index is -3.89. The summed E-state index contributed by atoms with van der Waals surface area (Å²) < 4.78 is 27.6. The summed E-state index contributed by atoms with van der Waals surface area (Å²) in [6.45, 7) is 3.54. The van der Waals surface area contributed by atoms with E-state index in [1.807, 2.05) is 19.9 Å². The molecule has 0 radical (unpaired) electrons. The monoisotopic (exact) mass is 399 g/mol. The number of hydrazone groups is 1. The number of benzene rings is 2. The first-order valence-corrected chi connectivity index (χ1v) is 10.8. The fourth-order valence-corrected chi connectivity index (χ4v) is 4.55. The third kappa shape index (κ3) is 4.59. The molecule has 0 atom stereocenters. The highest BCUT2D eigenvalue weighted by molar-refractivity contribution is 7.92. The van der Waals surface area contributed by atoms with E-state index in [2.05, 4.69) is 10.5 Å². The normalized spacial score (nSPS) is 14.0. The summed E-state index contributed by atoms with van der Waals surface area (Å²) in [6, 6.07) is 13.5. The number of hydrogen-bond acceptors (Lipinski definition) is 4. The van der Waals surface area contributed by atoms with Crippen molar-refractivity contribution in [1.29, 1.82) is 0 Å². The van der Waals surface area contributed by atoms with E-state index in [9.17, 15) is 13.2 Å². The van der Waals surface area contributed by atoms with Gasteiger partial charge in [0, 0.05) is 5.71 Å². The van der Waals surface area contributed by atoms with Gasteiger partial charge in [0.25, 0.3) is 15.9 Å². The van der Waals surface area contributed by atoms with Crippen LogP contribution in [0.25, 0.3) is 0 Å². The molecule has 1 N–H and O–H groups in total. The van der Waals surface area contributed by atoms with Crippen molar-refractivity contribution >= 4 is 27.3 Å². The van der Waals surface area contributed by atoms with Gasteiger partial charge in [0.15, 0.2) is 0 Å². The topological polar surface area (TPSA) is 78.8 Å². The minimum Gasteiger partial charge on any atom is -0.271 e. The van der Waals surface area contributed by atoms with Crippen molar-refractivity contribution < 1.29 is 13.2 Å². The van der Waals surface area contributed by atoms with Crippen LogP contribution in [0.4, 0.5) is 5.69 Å². The molecule has 28 heavy (non-hydrogen) atoms. The average Bonchev–Trinajstić information content (AvgIpc) is 3.21. The SMILES string of the molecule is Cc1ccc(N(CC(=O)NN=C2CCCC2)S(=O)(=O)c2ccccc2)cc1C. The maximum atomic E-state index is 13.2. The van der Waals surface area contributed by atoms with Crippen molar-refractivity contribution in [2.45, 2.75) is 44.4 Å². The summed E-state index contributed by atoms with van der Waals surface area (Å²) >= 11 is 0. The second-order valence-corrected chi connectivity index (χ2v) is 8.88. The van der Waals surface area contributed by atoms with E-state index in [0.29, 0.717) is 5.69 Å². The first kappa shape index (κ1) is 20.1. The summed E-state index contributed by atoms with van der Waals surface area (Å²) in [7, 11) is -3.89. The van der Waals surface area contributed by atoms with Gasteiger partial charge in [-0.05, 0) is 74.9 Å². The first-order valence-electron chi connectivity index (χ1n) is 9.37. The second-order valence-electron chi connectivity index (χ2n) is 7.01. The van der Waals surface area contributed by atoms with E-state index in [-0.39, 0.29) is 11.4 Å². The molecule has 1 fully saturated rings. The van der Waals surface area contributed by atoms with E-state index in [0.717, 1.165) is 46.8 Å². The molecule has 0 aliphatic heterocycles. The van der Waals surface area contributed by atoms with Gasteiger partial charge in [0.05, 0.1) is 10.6 Å². The second kappa shape index (κ2) is 8.56. The smallest absolute Gasteiger partial charge is 0.264 e. The zero-order chi connectivity index (χ0) is 20.1. The minimum absolute atomic E-state index is 0.142. The molecule has 0 spiro atoms. The number of nitrogens with zero attached hydrogens (tertiary/aromatic N) is 2. The maximum absolute atomic E-state index is 13.2. The van der Waals surface area contributed by atoms with Crippen molar-refractivity contribution in [3.05, 3.63) is 59.7 Å². The Kier molecular flexibility index (Phi) is 6.14. The van der Waals surface area contributed by atoms with Crippen molar-refractivity contribution in [1.82, 2.24) is 5.43 Å². The van der Waals surface area contributed by atoms with Gasteiger partial charge in [-0.15, -0.1) is 0 Å². The third-order valence-electron chi connectivity index (χ3n) is 4.92. The predicted octanol–water partition coefficient (Wildman–Crippen LogP) is 3.54. The van der Waals surface area contributed by atoms with Crippen LogP contribution >= 0.6 is 0 Å². The number of amides is 1. The van der Waals surface area contributed by atoms with Crippen LogP contribution in [0.15, 0.2) is 58.5 Å². The van der Waals surface area contributed by atoms with Crippen LogP contribution < -0.4 is 9.73 Å². The zero-order valence-corrected chi connectivity index (χ0v) is 17.0. The molecule has 1 aliphatic carbocycles. The van der Waals surface area contributed by atoms with Crippen molar-refractivity contribution in [2.75, 3.05) is 10.8 Å². The van der Waals surface area contributed by atoms with Crippen LogP contribution in [-0.2, 0) is 14.8 Å². The van der Waals surface area contributed by atoms with Gasteiger partial charge >= 0.3 is 0 Å². The lowest BCUT2D eigenvalue weighted by molar-refractivity contribution is -0.119. The fraction of sp³-hybridized carbons (Fsp3) is 0.333. The number of nitrogens with one attached hydrogen (secondary N) is 1. The molecule has 7 heteroatoms. The lowest BCUT2D eigenvalue weighted by Gasteiger charge is -2.24. The van der Waals surface area contributed by atoms with Crippen LogP contribution in [0.3, 0.4) is 0 Å². The summed E-state index contributed by atoms with van der Waals surface area (Å²) in [5, 5.41) is 4.15. The Morgan fingerprint density at radius 1 is 1.04 bits per heavy atom. The molecule has 0 heterocycles. The Balaban J connectivity index is 1.91. The Morgan fingerprint density at radius 3 is 2.36 bits per heavy atom. The van der Waals surface area contributed by atoms with Crippen molar-refractivity contribution in [3.63, 3.8) is 0 Å². The first-order chi connectivity index (χ1) is 13.4. The van der Waals surface area contributed by atoms with Crippen LogP contribution in [-0.4, -0.2) is 26.6 Å². The highest BCUT2D eigenvalue weighted by Gasteiger charge is 2.27. The number of anilines is 1. The molecule has 0 aromatic heterocycles. The molecule has 148 valence electrons. The Hall–Kier alpha value is -2.67. The Morgan fingerprint density at radius 2 is 1.71 bits per heavy atom. The number of aryl methyl sites for hydroxylation is 2. The number of sulfonamides is 1. The van der Waals surface area contributed by atoms with Crippen LogP contribution in [0.1, 0.15) is 36.8 Å². The quantitative estimate of drug-likeness (QED) is 0.755. The molecule has 3 rings (SSSR count). The number of carbonyl (C=O) groups excluding carboxylic acids is 1. The molecule has 0 saturated heterocycles. The van der Waals surface area contributed by atoms with Crippen molar-refractivity contribution in [2.24, 2.45) is 5.10 Å². The lowest BCUT2D eigenvalue weighted by atomic mass is 10.1. The van der Waals surface area contributed by atoms with E-state index < -0.39 is 15.9 Å². The van der Waals surface area contributed by atoms with Gasteiger partial charge in [0.2, 0.25) is 0 Å². The van der Waals surface area contributed by atoms with Gasteiger partial charge in [-0.1, -0.05) is 24.3 Å². The van der Waals surface area contributed by atoms with Crippen LogP contribution in [0, 0.1) is 13.8 Å². The Bertz CT molecular complexity index is 977.